The Morgan fingerprint density at radius 2 is 1.68 bits per heavy atom. The van der Waals surface area contributed by atoms with E-state index in [0.29, 0.717) is 0 Å². The van der Waals surface area contributed by atoms with E-state index < -0.39 is 0 Å². The van der Waals surface area contributed by atoms with Crippen molar-refractivity contribution < 1.29 is 0 Å². The molecule has 0 fully saturated rings. The molecule has 0 heteroatoms. The van der Waals surface area contributed by atoms with Gasteiger partial charge in [0.25, 0.3) is 0 Å². The largest absolute Gasteiger partial charge is 0.0952 e. The molecule has 0 aliphatic carbocycles. The predicted octanol–water partition coefficient (Wildman–Crippen LogP) is 7.54. The van der Waals surface area contributed by atoms with Gasteiger partial charge in [0.15, 0.2) is 0 Å². The van der Waals surface area contributed by atoms with Gasteiger partial charge in [0.05, 0.1) is 0 Å². The highest BCUT2D eigenvalue weighted by Gasteiger charge is 2.08. The van der Waals surface area contributed by atoms with Crippen LogP contribution in [0, 0.1) is 6.92 Å². The van der Waals surface area contributed by atoms with Crippen LogP contribution in [0.5, 0.6) is 0 Å². The zero-order valence-corrected chi connectivity index (χ0v) is 16.1. The quantitative estimate of drug-likeness (QED) is 0.493. The van der Waals surface area contributed by atoms with E-state index in [0.717, 1.165) is 12.8 Å². The molecule has 0 spiro atoms. The Bertz CT molecular complexity index is 473. The molecular weight excluding hydrogens is 264 g/mol. The molecule has 0 saturated carbocycles. The summed E-state index contributed by atoms with van der Waals surface area (Å²) in [6, 6.07) is 6.69. The lowest BCUT2D eigenvalue weighted by Crippen LogP contribution is -1.95. The van der Waals surface area contributed by atoms with Crippen molar-refractivity contribution in [1.29, 1.82) is 0 Å². The summed E-state index contributed by atoms with van der Waals surface area (Å²) in [6.07, 6.45) is 8.37. The van der Waals surface area contributed by atoms with Crippen LogP contribution in [0.25, 0.3) is 5.57 Å². The fourth-order valence-electron chi connectivity index (χ4n) is 2.06. The zero-order chi connectivity index (χ0) is 17.5. The highest BCUT2D eigenvalue weighted by Crippen LogP contribution is 2.28. The topological polar surface area (TPSA) is 0 Å². The first kappa shape index (κ1) is 22.7. The van der Waals surface area contributed by atoms with Crippen LogP contribution in [0.2, 0.25) is 0 Å². The minimum atomic E-state index is 0.987. The Labute approximate surface area is 139 Å². The molecule has 1 rings (SSSR count). The van der Waals surface area contributed by atoms with Gasteiger partial charge in [0, 0.05) is 0 Å². The van der Waals surface area contributed by atoms with Crippen molar-refractivity contribution in [2.24, 2.45) is 0 Å². The first-order valence-corrected chi connectivity index (χ1v) is 8.75. The Kier molecular flexibility index (Phi) is 14.8. The van der Waals surface area contributed by atoms with E-state index in [1.165, 1.54) is 27.8 Å². The average Bonchev–Trinajstić information content (AvgIpc) is 2.59. The van der Waals surface area contributed by atoms with Crippen molar-refractivity contribution in [2.45, 2.75) is 68.2 Å². The van der Waals surface area contributed by atoms with Gasteiger partial charge in [-0.05, 0) is 49.0 Å². The van der Waals surface area contributed by atoms with Crippen molar-refractivity contribution in [3.63, 3.8) is 0 Å². The van der Waals surface area contributed by atoms with Crippen molar-refractivity contribution in [1.82, 2.24) is 0 Å². The van der Waals surface area contributed by atoms with Gasteiger partial charge in [-0.15, -0.1) is 0 Å². The van der Waals surface area contributed by atoms with Crippen LogP contribution in [-0.4, -0.2) is 0 Å². The maximum absolute atomic E-state index is 4.20. The van der Waals surface area contributed by atoms with E-state index in [1.54, 1.807) is 0 Å². The average molecular weight is 301 g/mol. The van der Waals surface area contributed by atoms with E-state index in [1.807, 2.05) is 34.6 Å². The standard InChI is InChI=1S/C18H24.2C2H6/c1-6-9-10-17(15(5)7-2)18-12-11-14(4)13-16(18)8-3;2*1-2/h6,9-13H,5,7-8H2,1-4H3;2*1-2H3/b9-6-,17-10+;;. The second-order valence-corrected chi connectivity index (χ2v) is 4.58. The Morgan fingerprint density at radius 1 is 1.09 bits per heavy atom. The first-order chi connectivity index (χ1) is 10.6. The summed E-state index contributed by atoms with van der Waals surface area (Å²) >= 11 is 0. The minimum Gasteiger partial charge on any atom is -0.0952 e. The van der Waals surface area contributed by atoms with Crippen LogP contribution in [0.4, 0.5) is 0 Å². The number of hydrogen-bond acceptors (Lipinski definition) is 0. The number of benzene rings is 1. The summed E-state index contributed by atoms with van der Waals surface area (Å²) in [5.41, 5.74) is 6.52. The summed E-state index contributed by atoms with van der Waals surface area (Å²) < 4.78 is 0. The van der Waals surface area contributed by atoms with Crippen LogP contribution >= 0.6 is 0 Å². The third-order valence-corrected chi connectivity index (χ3v) is 3.19. The Morgan fingerprint density at radius 3 is 2.14 bits per heavy atom. The van der Waals surface area contributed by atoms with Crippen LogP contribution in [-0.2, 0) is 6.42 Å². The lowest BCUT2D eigenvalue weighted by molar-refractivity contribution is 1.11. The molecule has 0 unspecified atom stereocenters. The minimum absolute atomic E-state index is 0.987. The molecule has 0 aromatic heterocycles. The van der Waals surface area contributed by atoms with Crippen LogP contribution in [0.15, 0.2) is 48.6 Å². The molecule has 1 aromatic carbocycles. The third kappa shape index (κ3) is 7.45. The molecule has 0 radical (unpaired) electrons. The van der Waals surface area contributed by atoms with E-state index in [9.17, 15) is 0 Å². The molecular formula is C22H36. The molecule has 0 N–H and O–H groups in total. The van der Waals surface area contributed by atoms with Gasteiger partial charge in [-0.25, -0.2) is 0 Å². The highest BCUT2D eigenvalue weighted by atomic mass is 14.1. The van der Waals surface area contributed by atoms with Gasteiger partial charge >= 0.3 is 0 Å². The molecule has 0 heterocycles. The van der Waals surface area contributed by atoms with Gasteiger partial charge in [-0.2, -0.15) is 0 Å². The second-order valence-electron chi connectivity index (χ2n) is 4.58. The number of rotatable bonds is 5. The summed E-state index contributed by atoms with van der Waals surface area (Å²) in [6.45, 7) is 20.8. The van der Waals surface area contributed by atoms with Gasteiger partial charge in [-0.1, -0.05) is 90.1 Å². The van der Waals surface area contributed by atoms with E-state index in [4.69, 9.17) is 0 Å². The molecule has 0 amide bonds. The SMILES string of the molecule is C=C(CC)/C(=C\C=C/C)c1ccc(C)cc1CC.CC.CC. The lowest BCUT2D eigenvalue weighted by Gasteiger charge is -2.14. The van der Waals surface area contributed by atoms with Gasteiger partial charge in [-0.3, -0.25) is 0 Å². The van der Waals surface area contributed by atoms with Crippen molar-refractivity contribution in [3.8, 4) is 0 Å². The molecule has 0 saturated heterocycles. The molecule has 0 nitrogen and oxygen atoms in total. The Balaban J connectivity index is 0. The third-order valence-electron chi connectivity index (χ3n) is 3.19. The zero-order valence-electron chi connectivity index (χ0n) is 16.1. The van der Waals surface area contributed by atoms with Crippen molar-refractivity contribution in [2.75, 3.05) is 0 Å². The van der Waals surface area contributed by atoms with Crippen LogP contribution in [0.3, 0.4) is 0 Å². The first-order valence-electron chi connectivity index (χ1n) is 8.75. The van der Waals surface area contributed by atoms with E-state index in [-0.39, 0.29) is 0 Å². The molecule has 22 heavy (non-hydrogen) atoms. The number of hydrogen-bond donors (Lipinski definition) is 0. The lowest BCUT2D eigenvalue weighted by atomic mass is 9.91. The number of aryl methyl sites for hydroxylation is 2. The van der Waals surface area contributed by atoms with Crippen LogP contribution < -0.4 is 0 Å². The Hall–Kier alpha value is -1.56. The normalized spacial score (nSPS) is 10.5. The molecule has 0 aliphatic rings. The van der Waals surface area contributed by atoms with Gasteiger partial charge in [0.2, 0.25) is 0 Å². The van der Waals surface area contributed by atoms with Gasteiger partial charge < -0.3 is 0 Å². The summed E-state index contributed by atoms with van der Waals surface area (Å²) in [4.78, 5) is 0. The highest BCUT2D eigenvalue weighted by molar-refractivity contribution is 5.81. The van der Waals surface area contributed by atoms with E-state index >= 15 is 0 Å². The monoisotopic (exact) mass is 300 g/mol. The molecule has 0 atom stereocenters. The molecule has 0 aliphatic heterocycles. The predicted molar refractivity (Wildman–Crippen MR) is 105 cm³/mol. The maximum Gasteiger partial charge on any atom is -0.0149 e. The van der Waals surface area contributed by atoms with Crippen LogP contribution in [0.1, 0.15) is 71.6 Å². The second kappa shape index (κ2) is 14.4. The molecule has 0 bridgehead atoms. The fourth-order valence-corrected chi connectivity index (χ4v) is 2.06. The van der Waals surface area contributed by atoms with E-state index in [2.05, 4.69) is 63.8 Å². The van der Waals surface area contributed by atoms with Crippen molar-refractivity contribution >= 4 is 5.57 Å². The fraction of sp³-hybridized carbons (Fsp3) is 0.455. The molecule has 124 valence electrons. The summed E-state index contributed by atoms with van der Waals surface area (Å²) in [7, 11) is 0. The molecule has 1 aromatic rings. The summed E-state index contributed by atoms with van der Waals surface area (Å²) in [5.74, 6) is 0. The number of allylic oxidation sites excluding steroid dienone is 5. The van der Waals surface area contributed by atoms with Gasteiger partial charge in [0.1, 0.15) is 0 Å². The summed E-state index contributed by atoms with van der Waals surface area (Å²) in [5, 5.41) is 0. The smallest absolute Gasteiger partial charge is 0.0149 e. The van der Waals surface area contributed by atoms with Crippen molar-refractivity contribution in [3.05, 3.63) is 65.3 Å². The maximum atomic E-state index is 4.20.